The van der Waals surface area contributed by atoms with Crippen molar-refractivity contribution >= 4 is 33.0 Å². The van der Waals surface area contributed by atoms with E-state index in [1.807, 2.05) is 55.5 Å². The Hall–Kier alpha value is -1.89. The second-order valence-electron chi connectivity index (χ2n) is 7.49. The number of quaternary nitrogens is 1. The maximum absolute atomic E-state index is 13.0. The van der Waals surface area contributed by atoms with E-state index in [0.29, 0.717) is 11.6 Å². The Bertz CT molecular complexity index is 958. The minimum Gasteiger partial charge on any atom is -0.318 e. The van der Waals surface area contributed by atoms with Crippen LogP contribution in [-0.4, -0.2) is 44.5 Å². The van der Waals surface area contributed by atoms with Gasteiger partial charge < -0.3 is 4.90 Å². The van der Waals surface area contributed by atoms with Crippen molar-refractivity contribution < 1.29 is 18.1 Å². The van der Waals surface area contributed by atoms with Crippen molar-refractivity contribution in [2.75, 3.05) is 23.0 Å². The molecule has 0 spiro atoms. The first kappa shape index (κ1) is 18.5. The number of nitrogens with one attached hydrogen (secondary N) is 1. The van der Waals surface area contributed by atoms with Gasteiger partial charge in [-0.25, -0.2) is 8.42 Å². The molecule has 2 heterocycles. The number of amides is 1. The molecule has 0 radical (unpaired) electrons. The second-order valence-corrected chi connectivity index (χ2v) is 10.1. The first-order chi connectivity index (χ1) is 12.8. The van der Waals surface area contributed by atoms with Gasteiger partial charge in [0.15, 0.2) is 16.4 Å². The van der Waals surface area contributed by atoms with Gasteiger partial charge in [-0.15, -0.1) is 0 Å². The molecule has 2 aromatic rings. The summed E-state index contributed by atoms with van der Waals surface area (Å²) in [5.74, 6) is 0.124. The van der Waals surface area contributed by atoms with E-state index in [-0.39, 0.29) is 36.0 Å². The van der Waals surface area contributed by atoms with Gasteiger partial charge in [-0.2, -0.15) is 0 Å². The maximum Gasteiger partial charge on any atom is 0.282 e. The summed E-state index contributed by atoms with van der Waals surface area (Å²) < 4.78 is 24.8. The number of carbonyl (C=O) groups is 1. The smallest absolute Gasteiger partial charge is 0.282 e. The zero-order valence-electron chi connectivity index (χ0n) is 15.1. The fourth-order valence-electron chi connectivity index (χ4n) is 4.17. The van der Waals surface area contributed by atoms with Crippen molar-refractivity contribution in [2.45, 2.75) is 25.6 Å². The molecular formula is C20H22ClN2O3S+. The second kappa shape index (κ2) is 6.93. The Labute approximate surface area is 164 Å². The quantitative estimate of drug-likeness (QED) is 0.836. The first-order valence-electron chi connectivity index (χ1n) is 9.00. The summed E-state index contributed by atoms with van der Waals surface area (Å²) >= 11 is 5.96. The molecule has 2 aromatic carbocycles. The van der Waals surface area contributed by atoms with Crippen LogP contribution in [0.15, 0.2) is 48.5 Å². The lowest BCUT2D eigenvalue weighted by molar-refractivity contribution is -0.931. The van der Waals surface area contributed by atoms with Crippen LogP contribution in [0.25, 0.3) is 0 Å². The number of fused-ring (bicyclic) bond motifs is 1. The molecule has 2 fully saturated rings. The van der Waals surface area contributed by atoms with Crippen LogP contribution < -0.4 is 9.80 Å². The van der Waals surface area contributed by atoms with E-state index < -0.39 is 9.84 Å². The van der Waals surface area contributed by atoms with Crippen LogP contribution in [0.4, 0.5) is 5.69 Å². The third kappa shape index (κ3) is 3.74. The standard InChI is InChI=1S/C20H21ClN2O3S/c1-14-2-8-17(9-3-14)23-19-13-27(25,26)12-18(19)22(11-20(23)24)10-15-4-6-16(21)7-5-15/h2-9,18-19H,10-13H2,1H3/p+1/t18-,19-/m1/s1. The summed E-state index contributed by atoms with van der Waals surface area (Å²) in [6.45, 7) is 2.89. The van der Waals surface area contributed by atoms with Crippen molar-refractivity contribution in [1.82, 2.24) is 0 Å². The van der Waals surface area contributed by atoms with E-state index in [2.05, 4.69) is 0 Å². The molecule has 7 heteroatoms. The van der Waals surface area contributed by atoms with Gasteiger partial charge >= 0.3 is 0 Å². The predicted octanol–water partition coefficient (Wildman–Crippen LogP) is 1.25. The molecule has 3 atom stereocenters. The molecule has 0 aromatic heterocycles. The summed E-state index contributed by atoms with van der Waals surface area (Å²) in [6.07, 6.45) is 0. The average Bonchev–Trinajstić information content (AvgIpc) is 2.93. The van der Waals surface area contributed by atoms with Crippen LogP contribution in [0.1, 0.15) is 11.1 Å². The van der Waals surface area contributed by atoms with E-state index in [0.717, 1.165) is 21.7 Å². The minimum atomic E-state index is -3.17. The molecule has 1 unspecified atom stereocenters. The van der Waals surface area contributed by atoms with Gasteiger partial charge in [-0.1, -0.05) is 41.4 Å². The number of benzene rings is 2. The zero-order chi connectivity index (χ0) is 19.2. The molecular weight excluding hydrogens is 384 g/mol. The highest BCUT2D eigenvalue weighted by atomic mass is 35.5. The number of sulfone groups is 1. The molecule has 27 heavy (non-hydrogen) atoms. The third-order valence-corrected chi connectivity index (χ3v) is 7.45. The Kier molecular flexibility index (Phi) is 4.74. The number of halogens is 1. The van der Waals surface area contributed by atoms with Crippen molar-refractivity contribution in [3.05, 3.63) is 64.7 Å². The first-order valence-corrected chi connectivity index (χ1v) is 11.2. The van der Waals surface area contributed by atoms with Gasteiger partial charge in [-0.3, -0.25) is 9.69 Å². The van der Waals surface area contributed by atoms with Crippen LogP contribution in [0.5, 0.6) is 0 Å². The number of anilines is 1. The third-order valence-electron chi connectivity index (χ3n) is 5.48. The maximum atomic E-state index is 13.0. The number of carbonyl (C=O) groups excluding carboxylic acids is 1. The average molecular weight is 406 g/mol. The number of hydrogen-bond donors (Lipinski definition) is 1. The summed E-state index contributed by atoms with van der Waals surface area (Å²) in [5.41, 5.74) is 2.94. The molecule has 0 saturated carbocycles. The molecule has 4 rings (SSSR count). The van der Waals surface area contributed by atoms with Crippen LogP contribution in [-0.2, 0) is 21.2 Å². The van der Waals surface area contributed by atoms with Crippen LogP contribution in [0.3, 0.4) is 0 Å². The summed E-state index contributed by atoms with van der Waals surface area (Å²) in [4.78, 5) is 15.7. The molecule has 0 aliphatic carbocycles. The Morgan fingerprint density at radius 1 is 1.07 bits per heavy atom. The van der Waals surface area contributed by atoms with Crippen molar-refractivity contribution in [2.24, 2.45) is 0 Å². The van der Waals surface area contributed by atoms with Crippen molar-refractivity contribution in [3.8, 4) is 0 Å². The Morgan fingerprint density at radius 3 is 2.41 bits per heavy atom. The number of nitrogens with zero attached hydrogens (tertiary/aromatic N) is 1. The SMILES string of the molecule is Cc1ccc(N2C(=O)C[NH+](Cc3ccc(Cl)cc3)[C@@H]3CS(=O)(=O)C[C@H]32)cc1. The van der Waals surface area contributed by atoms with Gasteiger partial charge in [0.1, 0.15) is 24.4 Å². The summed E-state index contributed by atoms with van der Waals surface area (Å²) in [7, 11) is -3.17. The zero-order valence-corrected chi connectivity index (χ0v) is 16.6. The van der Waals surface area contributed by atoms with Gasteiger partial charge in [0, 0.05) is 16.3 Å². The Balaban J connectivity index is 1.65. The molecule has 2 aliphatic rings. The van der Waals surface area contributed by atoms with Crippen LogP contribution >= 0.6 is 11.6 Å². The lowest BCUT2D eigenvalue weighted by Crippen LogP contribution is -3.19. The van der Waals surface area contributed by atoms with Gasteiger partial charge in [0.25, 0.3) is 5.91 Å². The monoisotopic (exact) mass is 405 g/mol. The van der Waals surface area contributed by atoms with Crippen LogP contribution in [0, 0.1) is 6.92 Å². The van der Waals surface area contributed by atoms with E-state index in [9.17, 15) is 13.2 Å². The lowest BCUT2D eigenvalue weighted by Gasteiger charge is -2.40. The summed E-state index contributed by atoms with van der Waals surface area (Å²) in [5, 5.41) is 0.662. The molecule has 5 nitrogen and oxygen atoms in total. The molecule has 1 N–H and O–H groups in total. The minimum absolute atomic E-state index is 0.0267. The predicted molar refractivity (Wildman–Crippen MR) is 106 cm³/mol. The fraction of sp³-hybridized carbons (Fsp3) is 0.350. The van der Waals surface area contributed by atoms with E-state index in [1.165, 1.54) is 0 Å². The van der Waals surface area contributed by atoms with Gasteiger partial charge in [0.2, 0.25) is 0 Å². The highest BCUT2D eigenvalue weighted by molar-refractivity contribution is 7.91. The molecule has 2 saturated heterocycles. The van der Waals surface area contributed by atoms with Gasteiger partial charge in [0.05, 0.1) is 5.75 Å². The highest BCUT2D eigenvalue weighted by Crippen LogP contribution is 2.26. The number of piperazine rings is 1. The normalized spacial score (nSPS) is 26.8. The number of aryl methyl sites for hydroxylation is 1. The fourth-order valence-corrected chi connectivity index (χ4v) is 6.34. The largest absolute Gasteiger partial charge is 0.318 e. The van der Waals surface area contributed by atoms with E-state index in [1.54, 1.807) is 4.90 Å². The number of rotatable bonds is 3. The van der Waals surface area contributed by atoms with Crippen LogP contribution in [0.2, 0.25) is 5.02 Å². The molecule has 2 aliphatic heterocycles. The lowest BCUT2D eigenvalue weighted by atomic mass is 10.0. The van der Waals surface area contributed by atoms with E-state index in [4.69, 9.17) is 11.6 Å². The Morgan fingerprint density at radius 2 is 1.74 bits per heavy atom. The highest BCUT2D eigenvalue weighted by Gasteiger charge is 2.52. The van der Waals surface area contributed by atoms with Crippen molar-refractivity contribution in [3.63, 3.8) is 0 Å². The topological polar surface area (TPSA) is 58.9 Å². The summed E-state index contributed by atoms with van der Waals surface area (Å²) in [6, 6.07) is 14.8. The van der Waals surface area contributed by atoms with Gasteiger partial charge in [-0.05, 0) is 31.2 Å². The number of hydrogen-bond acceptors (Lipinski definition) is 3. The molecule has 142 valence electrons. The van der Waals surface area contributed by atoms with E-state index >= 15 is 0 Å². The molecule has 1 amide bonds. The van der Waals surface area contributed by atoms with Crippen molar-refractivity contribution in [1.29, 1.82) is 0 Å². The molecule has 0 bridgehead atoms.